The van der Waals surface area contributed by atoms with Crippen LogP contribution in [0.4, 0.5) is 4.39 Å². The lowest BCUT2D eigenvalue weighted by molar-refractivity contribution is -0.112. The molecule has 0 amide bonds. The number of aldehydes is 1. The first kappa shape index (κ1) is 10.8. The number of halogens is 2. The van der Waals surface area contributed by atoms with Crippen LogP contribution in [0.2, 0.25) is 0 Å². The van der Waals surface area contributed by atoms with Crippen LogP contribution < -0.4 is 0 Å². The molecule has 3 heteroatoms. The molecule has 0 aliphatic heterocycles. The number of benzene rings is 1. The van der Waals surface area contributed by atoms with Crippen molar-refractivity contribution < 1.29 is 9.18 Å². The Morgan fingerprint density at radius 2 is 2.00 bits per heavy atom. The molecule has 0 heterocycles. The van der Waals surface area contributed by atoms with Crippen molar-refractivity contribution in [1.29, 1.82) is 0 Å². The largest absolute Gasteiger partial charge is 0.302 e. The second-order valence-electron chi connectivity index (χ2n) is 4.11. The van der Waals surface area contributed by atoms with Crippen LogP contribution in [0.15, 0.2) is 22.7 Å². The highest BCUT2D eigenvalue weighted by Gasteiger charge is 2.35. The SMILES string of the molecule is O=CC1(c2ccc(Br)c(F)c2)CCCC1. The highest BCUT2D eigenvalue weighted by Crippen LogP contribution is 2.40. The van der Waals surface area contributed by atoms with E-state index in [4.69, 9.17) is 0 Å². The van der Waals surface area contributed by atoms with Gasteiger partial charge in [0.2, 0.25) is 0 Å². The molecule has 1 aromatic rings. The molecule has 0 atom stereocenters. The molecule has 1 fully saturated rings. The number of rotatable bonds is 2. The van der Waals surface area contributed by atoms with Crippen LogP contribution in [0.5, 0.6) is 0 Å². The van der Waals surface area contributed by atoms with E-state index in [0.717, 1.165) is 37.5 Å². The van der Waals surface area contributed by atoms with Crippen LogP contribution in [0, 0.1) is 5.82 Å². The van der Waals surface area contributed by atoms with Crippen LogP contribution in [-0.4, -0.2) is 6.29 Å². The molecule has 1 saturated carbocycles. The van der Waals surface area contributed by atoms with Gasteiger partial charge in [0, 0.05) is 0 Å². The van der Waals surface area contributed by atoms with Gasteiger partial charge >= 0.3 is 0 Å². The van der Waals surface area contributed by atoms with Crippen molar-refractivity contribution in [3.8, 4) is 0 Å². The van der Waals surface area contributed by atoms with E-state index in [2.05, 4.69) is 15.9 Å². The van der Waals surface area contributed by atoms with Crippen molar-refractivity contribution >= 4 is 22.2 Å². The van der Waals surface area contributed by atoms with Gasteiger partial charge in [-0.15, -0.1) is 0 Å². The zero-order valence-electron chi connectivity index (χ0n) is 8.30. The van der Waals surface area contributed by atoms with Gasteiger partial charge in [-0.05, 0) is 46.5 Å². The first-order chi connectivity index (χ1) is 7.18. The summed E-state index contributed by atoms with van der Waals surface area (Å²) in [5.41, 5.74) is 0.386. The van der Waals surface area contributed by atoms with Crippen LogP contribution in [-0.2, 0) is 10.2 Å². The van der Waals surface area contributed by atoms with E-state index < -0.39 is 5.41 Å². The fourth-order valence-electron chi connectivity index (χ4n) is 2.29. The summed E-state index contributed by atoms with van der Waals surface area (Å²) in [5, 5.41) is 0. The molecular formula is C12H12BrFO. The van der Waals surface area contributed by atoms with E-state index in [9.17, 15) is 9.18 Å². The lowest BCUT2D eigenvalue weighted by Crippen LogP contribution is -2.23. The van der Waals surface area contributed by atoms with E-state index >= 15 is 0 Å². The first-order valence-electron chi connectivity index (χ1n) is 5.10. The Morgan fingerprint density at radius 3 is 2.53 bits per heavy atom. The number of carbonyl (C=O) groups is 1. The van der Waals surface area contributed by atoms with E-state index in [-0.39, 0.29) is 5.82 Å². The average molecular weight is 271 g/mol. The smallest absolute Gasteiger partial charge is 0.137 e. The van der Waals surface area contributed by atoms with Crippen molar-refractivity contribution in [3.05, 3.63) is 34.1 Å². The minimum absolute atomic E-state index is 0.291. The zero-order valence-corrected chi connectivity index (χ0v) is 9.89. The molecule has 0 N–H and O–H groups in total. The van der Waals surface area contributed by atoms with Gasteiger partial charge in [-0.2, -0.15) is 0 Å². The number of hydrogen-bond donors (Lipinski definition) is 0. The van der Waals surface area contributed by atoms with Crippen molar-refractivity contribution in [2.45, 2.75) is 31.1 Å². The highest BCUT2D eigenvalue weighted by molar-refractivity contribution is 9.10. The van der Waals surface area contributed by atoms with E-state index in [0.29, 0.717) is 4.47 Å². The summed E-state index contributed by atoms with van der Waals surface area (Å²) in [6, 6.07) is 4.99. The minimum Gasteiger partial charge on any atom is -0.302 e. The molecule has 1 aliphatic carbocycles. The molecule has 0 unspecified atom stereocenters. The van der Waals surface area contributed by atoms with E-state index in [1.165, 1.54) is 6.07 Å². The van der Waals surface area contributed by atoms with Crippen molar-refractivity contribution in [1.82, 2.24) is 0 Å². The Hall–Kier alpha value is -0.700. The Labute approximate surface area is 96.8 Å². The third-order valence-corrected chi connectivity index (χ3v) is 3.86. The normalized spacial score (nSPS) is 19.1. The monoisotopic (exact) mass is 270 g/mol. The number of carbonyl (C=O) groups excluding carboxylic acids is 1. The van der Waals surface area contributed by atoms with Crippen LogP contribution >= 0.6 is 15.9 Å². The standard InChI is InChI=1S/C12H12BrFO/c13-10-4-3-9(7-11(10)14)12(8-15)5-1-2-6-12/h3-4,7-8H,1-2,5-6H2. The molecule has 0 radical (unpaired) electrons. The van der Waals surface area contributed by atoms with Gasteiger partial charge in [0.1, 0.15) is 12.1 Å². The van der Waals surface area contributed by atoms with Crippen LogP contribution in [0.3, 0.4) is 0 Å². The summed E-state index contributed by atoms with van der Waals surface area (Å²) in [6.45, 7) is 0. The molecule has 0 saturated heterocycles. The second kappa shape index (κ2) is 4.05. The van der Waals surface area contributed by atoms with Crippen molar-refractivity contribution in [3.63, 3.8) is 0 Å². The molecular weight excluding hydrogens is 259 g/mol. The Kier molecular flexibility index (Phi) is 2.91. The Morgan fingerprint density at radius 1 is 1.33 bits per heavy atom. The van der Waals surface area contributed by atoms with Gasteiger partial charge in [0.05, 0.1) is 9.89 Å². The lowest BCUT2D eigenvalue weighted by Gasteiger charge is -2.22. The molecule has 1 aromatic carbocycles. The summed E-state index contributed by atoms with van der Waals surface area (Å²) in [7, 11) is 0. The van der Waals surface area contributed by atoms with Gasteiger partial charge in [-0.3, -0.25) is 0 Å². The predicted molar refractivity (Wildman–Crippen MR) is 60.3 cm³/mol. The average Bonchev–Trinajstić information content (AvgIpc) is 2.72. The van der Waals surface area contributed by atoms with Gasteiger partial charge < -0.3 is 4.79 Å². The molecule has 0 aromatic heterocycles. The maximum absolute atomic E-state index is 13.4. The van der Waals surface area contributed by atoms with Gasteiger partial charge in [-0.25, -0.2) is 4.39 Å². The van der Waals surface area contributed by atoms with E-state index in [1.54, 1.807) is 6.07 Å². The number of hydrogen-bond acceptors (Lipinski definition) is 1. The van der Waals surface area contributed by atoms with Gasteiger partial charge in [-0.1, -0.05) is 18.9 Å². The third-order valence-electron chi connectivity index (χ3n) is 3.22. The van der Waals surface area contributed by atoms with Gasteiger partial charge in [0.15, 0.2) is 0 Å². The molecule has 0 bridgehead atoms. The molecule has 2 rings (SSSR count). The molecule has 0 spiro atoms. The minimum atomic E-state index is -0.429. The van der Waals surface area contributed by atoms with Crippen LogP contribution in [0.25, 0.3) is 0 Å². The zero-order chi connectivity index (χ0) is 10.9. The predicted octanol–water partition coefficient (Wildman–Crippen LogP) is 3.60. The van der Waals surface area contributed by atoms with Crippen molar-refractivity contribution in [2.75, 3.05) is 0 Å². The fourth-order valence-corrected chi connectivity index (χ4v) is 2.53. The third kappa shape index (κ3) is 1.85. The lowest BCUT2D eigenvalue weighted by atomic mass is 9.80. The molecule has 80 valence electrons. The molecule has 1 nitrogen and oxygen atoms in total. The summed E-state index contributed by atoms with van der Waals surface area (Å²) in [5.74, 6) is -0.291. The topological polar surface area (TPSA) is 17.1 Å². The summed E-state index contributed by atoms with van der Waals surface area (Å²) in [4.78, 5) is 11.2. The van der Waals surface area contributed by atoms with Crippen LogP contribution in [0.1, 0.15) is 31.2 Å². The van der Waals surface area contributed by atoms with Gasteiger partial charge in [0.25, 0.3) is 0 Å². The maximum atomic E-state index is 13.4. The van der Waals surface area contributed by atoms with E-state index in [1.807, 2.05) is 6.07 Å². The second-order valence-corrected chi connectivity index (χ2v) is 4.96. The molecule has 1 aliphatic rings. The quantitative estimate of drug-likeness (QED) is 0.751. The summed E-state index contributed by atoms with van der Waals surface area (Å²) in [6.07, 6.45) is 4.78. The first-order valence-corrected chi connectivity index (χ1v) is 5.89. The van der Waals surface area contributed by atoms with Crippen molar-refractivity contribution in [2.24, 2.45) is 0 Å². The summed E-state index contributed by atoms with van der Waals surface area (Å²) >= 11 is 3.11. The highest BCUT2D eigenvalue weighted by atomic mass is 79.9. The maximum Gasteiger partial charge on any atom is 0.137 e. The Bertz CT molecular complexity index is 383. The fraction of sp³-hybridized carbons (Fsp3) is 0.417. The molecule has 15 heavy (non-hydrogen) atoms. The summed E-state index contributed by atoms with van der Waals surface area (Å²) < 4.78 is 13.8. The Balaban J connectivity index is 2.43.